The summed E-state index contributed by atoms with van der Waals surface area (Å²) in [5, 5.41) is 5.84. The van der Waals surface area contributed by atoms with Gasteiger partial charge in [0.2, 0.25) is 0 Å². The summed E-state index contributed by atoms with van der Waals surface area (Å²) in [6, 6.07) is 9.99. The van der Waals surface area contributed by atoms with Gasteiger partial charge in [0, 0.05) is 31.5 Å². The van der Waals surface area contributed by atoms with Crippen molar-refractivity contribution >= 4 is 18.1 Å². The number of allylic oxidation sites excluding steroid dienone is 3. The Bertz CT molecular complexity index is 554. The molecule has 0 atom stereocenters. The van der Waals surface area contributed by atoms with E-state index in [9.17, 15) is 4.79 Å². The predicted octanol–water partition coefficient (Wildman–Crippen LogP) is 3.30. The van der Waals surface area contributed by atoms with Gasteiger partial charge in [-0.3, -0.25) is 4.79 Å². The molecule has 3 nitrogen and oxygen atoms in total. The molecule has 3 heteroatoms. The average Bonchev–Trinajstić information content (AvgIpc) is 2.44. The first-order chi connectivity index (χ1) is 9.66. The van der Waals surface area contributed by atoms with Crippen LogP contribution in [-0.4, -0.2) is 31.1 Å². The van der Waals surface area contributed by atoms with Crippen LogP contribution in [-0.2, 0) is 4.79 Å². The highest BCUT2D eigenvalue weighted by molar-refractivity contribution is 6.13. The van der Waals surface area contributed by atoms with Crippen LogP contribution in [0, 0.1) is 0 Å². The molecule has 0 N–H and O–H groups in total. The van der Waals surface area contributed by atoms with E-state index in [0.29, 0.717) is 0 Å². The van der Waals surface area contributed by atoms with Crippen molar-refractivity contribution in [1.82, 2.24) is 5.01 Å². The minimum atomic E-state index is 0.158. The quantitative estimate of drug-likeness (QED) is 0.478. The number of Topliss-reactive ketones (excluding diaryl/α,β-unsaturated/α-hetero) is 1. The second-order valence-corrected chi connectivity index (χ2v) is 5.07. The van der Waals surface area contributed by atoms with E-state index in [4.69, 9.17) is 0 Å². The van der Waals surface area contributed by atoms with Gasteiger partial charge in [-0.05, 0) is 37.0 Å². The molecule has 1 aromatic carbocycles. The van der Waals surface area contributed by atoms with E-state index in [1.807, 2.05) is 56.6 Å². The van der Waals surface area contributed by atoms with Crippen LogP contribution in [0.4, 0.5) is 0 Å². The van der Waals surface area contributed by atoms with Crippen molar-refractivity contribution in [2.45, 2.75) is 19.3 Å². The number of rotatable bonds is 3. The molecule has 0 saturated heterocycles. The summed E-state index contributed by atoms with van der Waals surface area (Å²) >= 11 is 0. The number of carbonyl (C=O) groups excluding carboxylic acids is 1. The molecule has 0 spiro atoms. The fourth-order valence-corrected chi connectivity index (χ4v) is 2.21. The Morgan fingerprint density at radius 2 is 1.80 bits per heavy atom. The second kappa shape index (κ2) is 6.85. The minimum absolute atomic E-state index is 0.158. The van der Waals surface area contributed by atoms with Crippen molar-refractivity contribution in [2.24, 2.45) is 5.10 Å². The van der Waals surface area contributed by atoms with Crippen molar-refractivity contribution in [3.63, 3.8) is 0 Å². The highest BCUT2D eigenvalue weighted by atomic mass is 16.1. The fourth-order valence-electron chi connectivity index (χ4n) is 2.21. The average molecular weight is 268 g/mol. The fraction of sp³-hybridized carbons (Fsp3) is 0.294. The van der Waals surface area contributed by atoms with E-state index in [1.165, 1.54) is 0 Å². The number of nitrogens with zero attached hydrogens (tertiary/aromatic N) is 2. The van der Waals surface area contributed by atoms with Crippen LogP contribution in [0.25, 0.3) is 6.08 Å². The largest absolute Gasteiger partial charge is 0.303 e. The smallest absolute Gasteiger partial charge is 0.185 e. The molecule has 0 heterocycles. The van der Waals surface area contributed by atoms with Crippen molar-refractivity contribution in [1.29, 1.82) is 0 Å². The Labute approximate surface area is 120 Å². The molecule has 1 aliphatic carbocycles. The van der Waals surface area contributed by atoms with E-state index in [1.54, 1.807) is 11.2 Å². The van der Waals surface area contributed by atoms with E-state index in [2.05, 4.69) is 5.10 Å². The van der Waals surface area contributed by atoms with Crippen molar-refractivity contribution in [3.05, 3.63) is 53.1 Å². The van der Waals surface area contributed by atoms with Crippen LogP contribution in [0.1, 0.15) is 24.8 Å². The SMILES string of the molecule is CN(C)/N=C/C=C1\CCC/C(=C\c2ccccc2)C1=O. The molecule has 104 valence electrons. The lowest BCUT2D eigenvalue weighted by atomic mass is 9.88. The van der Waals surface area contributed by atoms with E-state index in [-0.39, 0.29) is 5.78 Å². The maximum Gasteiger partial charge on any atom is 0.185 e. The van der Waals surface area contributed by atoms with E-state index < -0.39 is 0 Å². The zero-order chi connectivity index (χ0) is 14.4. The van der Waals surface area contributed by atoms with Crippen LogP contribution in [0.2, 0.25) is 0 Å². The molecular formula is C17H20N2O. The summed E-state index contributed by atoms with van der Waals surface area (Å²) in [4.78, 5) is 12.4. The summed E-state index contributed by atoms with van der Waals surface area (Å²) in [5.41, 5.74) is 2.83. The van der Waals surface area contributed by atoms with Gasteiger partial charge in [0.25, 0.3) is 0 Å². The number of hydrogen-bond acceptors (Lipinski definition) is 3. The van der Waals surface area contributed by atoms with Crippen LogP contribution in [0.5, 0.6) is 0 Å². The molecule has 0 amide bonds. The van der Waals surface area contributed by atoms with Gasteiger partial charge in [-0.1, -0.05) is 30.3 Å². The zero-order valence-electron chi connectivity index (χ0n) is 12.0. The normalized spacial score (nSPS) is 20.0. The molecule has 0 aromatic heterocycles. The third-order valence-corrected chi connectivity index (χ3v) is 3.19. The van der Waals surface area contributed by atoms with Crippen LogP contribution in [0.15, 0.2) is 52.7 Å². The molecule has 0 aliphatic heterocycles. The first-order valence-electron chi connectivity index (χ1n) is 6.87. The van der Waals surface area contributed by atoms with Crippen molar-refractivity contribution in [3.8, 4) is 0 Å². The predicted molar refractivity (Wildman–Crippen MR) is 83.5 cm³/mol. The Hall–Kier alpha value is -2.16. The number of hydrogen-bond donors (Lipinski definition) is 0. The first kappa shape index (κ1) is 14.3. The molecule has 1 aliphatic rings. The van der Waals surface area contributed by atoms with Crippen molar-refractivity contribution in [2.75, 3.05) is 14.1 Å². The minimum Gasteiger partial charge on any atom is -0.303 e. The highest BCUT2D eigenvalue weighted by Gasteiger charge is 2.19. The molecule has 2 rings (SSSR count). The molecule has 0 unspecified atom stereocenters. The molecule has 1 aromatic rings. The maximum atomic E-state index is 12.4. The highest BCUT2D eigenvalue weighted by Crippen LogP contribution is 2.26. The summed E-state index contributed by atoms with van der Waals surface area (Å²) in [6.07, 6.45) is 8.24. The number of benzene rings is 1. The Kier molecular flexibility index (Phi) is 4.88. The van der Waals surface area contributed by atoms with E-state index >= 15 is 0 Å². The Balaban J connectivity index is 2.17. The molecule has 1 fully saturated rings. The van der Waals surface area contributed by atoms with E-state index in [0.717, 1.165) is 36.0 Å². The Morgan fingerprint density at radius 3 is 2.50 bits per heavy atom. The van der Waals surface area contributed by atoms with Gasteiger partial charge in [-0.2, -0.15) is 5.10 Å². The van der Waals surface area contributed by atoms with Gasteiger partial charge >= 0.3 is 0 Å². The lowest BCUT2D eigenvalue weighted by molar-refractivity contribution is -0.112. The number of carbonyl (C=O) groups is 1. The molecule has 20 heavy (non-hydrogen) atoms. The standard InChI is InChI=1S/C17H20N2O/c1-19(2)18-12-11-15-9-6-10-16(17(15)20)13-14-7-4-3-5-8-14/h3-5,7-8,11-13H,6,9-10H2,1-2H3/b15-11+,16-13+,18-12+. The van der Waals surface area contributed by atoms with Gasteiger partial charge in [0.1, 0.15) is 0 Å². The lowest BCUT2D eigenvalue weighted by Crippen LogP contribution is -2.12. The summed E-state index contributed by atoms with van der Waals surface area (Å²) < 4.78 is 0. The van der Waals surface area contributed by atoms with Gasteiger partial charge in [-0.15, -0.1) is 0 Å². The van der Waals surface area contributed by atoms with Crippen LogP contribution >= 0.6 is 0 Å². The molecular weight excluding hydrogens is 248 g/mol. The number of hydrazone groups is 1. The third-order valence-electron chi connectivity index (χ3n) is 3.19. The molecule has 1 saturated carbocycles. The maximum absolute atomic E-state index is 12.4. The third kappa shape index (κ3) is 3.92. The van der Waals surface area contributed by atoms with Gasteiger partial charge in [0.15, 0.2) is 5.78 Å². The Morgan fingerprint density at radius 1 is 1.10 bits per heavy atom. The second-order valence-electron chi connectivity index (χ2n) is 5.07. The van der Waals surface area contributed by atoms with Gasteiger partial charge < -0.3 is 5.01 Å². The monoisotopic (exact) mass is 268 g/mol. The number of ketones is 1. The van der Waals surface area contributed by atoms with Crippen LogP contribution < -0.4 is 0 Å². The summed E-state index contributed by atoms with van der Waals surface area (Å²) in [5.74, 6) is 0.158. The lowest BCUT2D eigenvalue weighted by Gasteiger charge is -2.16. The summed E-state index contributed by atoms with van der Waals surface area (Å²) in [6.45, 7) is 0. The van der Waals surface area contributed by atoms with Gasteiger partial charge in [0.05, 0.1) is 0 Å². The topological polar surface area (TPSA) is 32.7 Å². The molecule has 0 bridgehead atoms. The molecule has 0 radical (unpaired) electrons. The van der Waals surface area contributed by atoms with Crippen molar-refractivity contribution < 1.29 is 4.79 Å². The zero-order valence-corrected chi connectivity index (χ0v) is 12.0. The van der Waals surface area contributed by atoms with Gasteiger partial charge in [-0.25, -0.2) is 0 Å². The summed E-state index contributed by atoms with van der Waals surface area (Å²) in [7, 11) is 3.72. The van der Waals surface area contributed by atoms with Crippen LogP contribution in [0.3, 0.4) is 0 Å². The first-order valence-corrected chi connectivity index (χ1v) is 6.87.